The number of amides is 1. The second kappa shape index (κ2) is 7.56. The van der Waals surface area contributed by atoms with Gasteiger partial charge in [-0.3, -0.25) is 18.9 Å². The number of hydrogen-bond acceptors (Lipinski definition) is 5. The fourth-order valence-corrected chi connectivity index (χ4v) is 3.68. The van der Waals surface area contributed by atoms with E-state index in [2.05, 4.69) is 15.3 Å². The summed E-state index contributed by atoms with van der Waals surface area (Å²) in [7, 11) is 0. The van der Waals surface area contributed by atoms with Crippen molar-refractivity contribution in [1.82, 2.24) is 19.1 Å². The summed E-state index contributed by atoms with van der Waals surface area (Å²) in [6, 6.07) is 18.2. The number of pyridine rings is 1. The van der Waals surface area contributed by atoms with Gasteiger partial charge in [0.1, 0.15) is 17.8 Å². The van der Waals surface area contributed by atoms with E-state index in [0.717, 1.165) is 11.0 Å². The van der Waals surface area contributed by atoms with E-state index in [1.54, 1.807) is 29.0 Å². The molecule has 0 aliphatic carbocycles. The number of nitrogens with one attached hydrogen (secondary N) is 1. The first-order valence-electron chi connectivity index (χ1n) is 9.94. The summed E-state index contributed by atoms with van der Waals surface area (Å²) < 4.78 is 8.95. The van der Waals surface area contributed by atoms with Crippen molar-refractivity contribution in [3.63, 3.8) is 0 Å². The third kappa shape index (κ3) is 3.38. The van der Waals surface area contributed by atoms with Gasteiger partial charge in [0.25, 0.3) is 0 Å². The van der Waals surface area contributed by atoms with E-state index in [4.69, 9.17) is 4.42 Å². The molecule has 0 aliphatic rings. The number of hydrogen-bond donors (Lipinski definition) is 1. The zero-order valence-electron chi connectivity index (χ0n) is 16.8. The lowest BCUT2D eigenvalue weighted by molar-refractivity contribution is -0.116. The predicted octanol–water partition coefficient (Wildman–Crippen LogP) is 3.66. The van der Waals surface area contributed by atoms with Crippen molar-refractivity contribution < 1.29 is 9.21 Å². The molecule has 0 atom stereocenters. The number of nitrogens with zero attached hydrogens (tertiary/aromatic N) is 4. The molecule has 0 bridgehead atoms. The molecule has 0 aliphatic heterocycles. The molecule has 0 fully saturated rings. The summed E-state index contributed by atoms with van der Waals surface area (Å²) in [5, 5.41) is 2.84. The van der Waals surface area contributed by atoms with Crippen LogP contribution in [0.5, 0.6) is 0 Å². The third-order valence-corrected chi connectivity index (χ3v) is 5.10. The Balaban J connectivity index is 1.40. The Morgan fingerprint density at radius 2 is 1.81 bits per heavy atom. The van der Waals surface area contributed by atoms with Crippen LogP contribution in [0.3, 0.4) is 0 Å². The summed E-state index contributed by atoms with van der Waals surface area (Å²) in [5.74, 6) is 0.114. The lowest BCUT2D eigenvalue weighted by Crippen LogP contribution is -2.29. The van der Waals surface area contributed by atoms with Gasteiger partial charge in [0.05, 0.1) is 11.0 Å². The minimum absolute atomic E-state index is 0.0834. The molecule has 3 aromatic heterocycles. The molecule has 0 radical (unpaired) electrons. The maximum Gasteiger partial charge on any atom is 0.329 e. The number of carbonyl (C=O) groups is 1. The number of anilines is 1. The van der Waals surface area contributed by atoms with Crippen LogP contribution in [0.1, 0.15) is 6.92 Å². The normalized spacial score (nSPS) is 11.3. The molecule has 5 aromatic rings. The van der Waals surface area contributed by atoms with Crippen LogP contribution in [0.4, 0.5) is 5.69 Å². The average Bonchev–Trinajstić information content (AvgIpc) is 3.33. The molecule has 1 amide bonds. The molecule has 3 heterocycles. The highest BCUT2D eigenvalue weighted by Gasteiger charge is 2.15. The summed E-state index contributed by atoms with van der Waals surface area (Å²) in [4.78, 5) is 34.1. The molecule has 31 heavy (non-hydrogen) atoms. The zero-order valence-corrected chi connectivity index (χ0v) is 16.8. The molecular weight excluding hydrogens is 394 g/mol. The van der Waals surface area contributed by atoms with Gasteiger partial charge in [-0.25, -0.2) is 9.78 Å². The maximum absolute atomic E-state index is 12.7. The van der Waals surface area contributed by atoms with Crippen LogP contribution in [-0.2, 0) is 17.9 Å². The molecule has 8 nitrogen and oxygen atoms in total. The Labute approximate surface area is 176 Å². The lowest BCUT2D eigenvalue weighted by atomic mass is 10.3. The standard InChI is InChI=1S/C23H19N5O3/c1-2-27-18-8-3-4-9-19(18)28(23(27)30)14-21(29)25-15-10-11-16-20(13-15)31-22(26-16)17-7-5-6-12-24-17/h3-13H,2,14H2,1H3,(H,25,29). The van der Waals surface area contributed by atoms with Crippen LogP contribution >= 0.6 is 0 Å². The number of aromatic nitrogens is 4. The van der Waals surface area contributed by atoms with Gasteiger partial charge in [-0.2, -0.15) is 0 Å². The predicted molar refractivity (Wildman–Crippen MR) is 118 cm³/mol. The van der Waals surface area contributed by atoms with Crippen LogP contribution < -0.4 is 11.0 Å². The van der Waals surface area contributed by atoms with E-state index in [1.807, 2.05) is 49.4 Å². The number of fused-ring (bicyclic) bond motifs is 2. The minimum atomic E-state index is -0.301. The molecule has 154 valence electrons. The number of benzene rings is 2. The first kappa shape index (κ1) is 18.8. The Kier molecular flexibility index (Phi) is 4.59. The number of imidazole rings is 1. The van der Waals surface area contributed by atoms with Crippen LogP contribution in [0.15, 0.2) is 76.1 Å². The molecule has 0 saturated heterocycles. The van der Waals surface area contributed by atoms with Crippen molar-refractivity contribution in [2.24, 2.45) is 0 Å². The van der Waals surface area contributed by atoms with Gasteiger partial charge < -0.3 is 9.73 Å². The largest absolute Gasteiger partial charge is 0.435 e. The minimum Gasteiger partial charge on any atom is -0.435 e. The van der Waals surface area contributed by atoms with Crippen LogP contribution in [0.2, 0.25) is 0 Å². The first-order valence-corrected chi connectivity index (χ1v) is 9.94. The van der Waals surface area contributed by atoms with Crippen molar-refractivity contribution in [2.45, 2.75) is 20.0 Å². The van der Waals surface area contributed by atoms with E-state index < -0.39 is 0 Å². The van der Waals surface area contributed by atoms with Gasteiger partial charge in [-0.15, -0.1) is 0 Å². The van der Waals surface area contributed by atoms with Gasteiger partial charge in [-0.1, -0.05) is 18.2 Å². The van der Waals surface area contributed by atoms with Crippen LogP contribution in [-0.4, -0.2) is 25.0 Å². The van der Waals surface area contributed by atoms with E-state index in [0.29, 0.717) is 34.9 Å². The molecule has 1 N–H and O–H groups in total. The van der Waals surface area contributed by atoms with Gasteiger partial charge in [0, 0.05) is 24.5 Å². The highest BCUT2D eigenvalue weighted by atomic mass is 16.3. The van der Waals surface area contributed by atoms with E-state index in [9.17, 15) is 9.59 Å². The van der Waals surface area contributed by atoms with Gasteiger partial charge in [0.2, 0.25) is 11.8 Å². The van der Waals surface area contributed by atoms with Crippen LogP contribution in [0, 0.1) is 0 Å². The Hall–Kier alpha value is -4.20. The fourth-order valence-electron chi connectivity index (χ4n) is 3.68. The number of aryl methyl sites for hydroxylation is 1. The summed E-state index contributed by atoms with van der Waals surface area (Å²) >= 11 is 0. The van der Waals surface area contributed by atoms with Gasteiger partial charge >= 0.3 is 5.69 Å². The molecule has 5 rings (SSSR count). The quantitative estimate of drug-likeness (QED) is 0.474. The zero-order chi connectivity index (χ0) is 21.4. The highest BCUT2D eigenvalue weighted by molar-refractivity contribution is 5.93. The third-order valence-electron chi connectivity index (χ3n) is 5.10. The van der Waals surface area contributed by atoms with Gasteiger partial charge in [-0.05, 0) is 43.3 Å². The van der Waals surface area contributed by atoms with Crippen molar-refractivity contribution in [2.75, 3.05) is 5.32 Å². The summed E-state index contributed by atoms with van der Waals surface area (Å²) in [5.41, 5.74) is 3.75. The SMILES string of the molecule is CCn1c(=O)n(CC(=O)Nc2ccc3nc(-c4ccccn4)oc3c2)c2ccccc21. The number of oxazole rings is 1. The van der Waals surface area contributed by atoms with Crippen molar-refractivity contribution in [3.05, 3.63) is 77.3 Å². The Morgan fingerprint density at radius 1 is 1.03 bits per heavy atom. The maximum atomic E-state index is 12.7. The molecule has 0 saturated carbocycles. The fraction of sp³-hybridized carbons (Fsp3) is 0.130. The van der Waals surface area contributed by atoms with Gasteiger partial charge in [0.15, 0.2) is 5.58 Å². The smallest absolute Gasteiger partial charge is 0.329 e. The van der Waals surface area contributed by atoms with Crippen LogP contribution in [0.25, 0.3) is 33.7 Å². The molecule has 0 unspecified atom stereocenters. The molecule has 2 aromatic carbocycles. The second-order valence-electron chi connectivity index (χ2n) is 7.07. The summed E-state index contributed by atoms with van der Waals surface area (Å²) in [6.07, 6.45) is 1.67. The number of rotatable bonds is 5. The Bertz CT molecular complexity index is 1460. The molecule has 0 spiro atoms. The molecular formula is C23H19N5O3. The van der Waals surface area contributed by atoms with Crippen molar-refractivity contribution >= 4 is 33.7 Å². The lowest BCUT2D eigenvalue weighted by Gasteiger charge is -2.06. The monoisotopic (exact) mass is 413 g/mol. The summed E-state index contributed by atoms with van der Waals surface area (Å²) in [6.45, 7) is 2.36. The molecule has 8 heteroatoms. The second-order valence-corrected chi connectivity index (χ2v) is 7.07. The number of carbonyl (C=O) groups excluding carboxylic acids is 1. The van der Waals surface area contributed by atoms with E-state index in [-0.39, 0.29) is 18.1 Å². The highest BCUT2D eigenvalue weighted by Crippen LogP contribution is 2.25. The van der Waals surface area contributed by atoms with Crippen molar-refractivity contribution in [3.8, 4) is 11.6 Å². The number of para-hydroxylation sites is 2. The first-order chi connectivity index (χ1) is 15.1. The topological polar surface area (TPSA) is 95.0 Å². The van der Waals surface area contributed by atoms with E-state index >= 15 is 0 Å². The van der Waals surface area contributed by atoms with E-state index in [1.165, 1.54) is 4.57 Å². The Morgan fingerprint density at radius 3 is 2.55 bits per heavy atom. The van der Waals surface area contributed by atoms with Crippen molar-refractivity contribution in [1.29, 1.82) is 0 Å². The average molecular weight is 413 g/mol.